The summed E-state index contributed by atoms with van der Waals surface area (Å²) in [6.07, 6.45) is 2.01. The summed E-state index contributed by atoms with van der Waals surface area (Å²) in [7, 11) is 0. The molecule has 2 atom stereocenters. The monoisotopic (exact) mass is 222 g/mol. The van der Waals surface area contributed by atoms with E-state index < -0.39 is 5.79 Å². The maximum atomic E-state index is 11.1. The van der Waals surface area contributed by atoms with Crippen molar-refractivity contribution < 1.29 is 14.3 Å². The van der Waals surface area contributed by atoms with Crippen molar-refractivity contribution in [3.63, 3.8) is 0 Å². The second kappa shape index (κ2) is 5.29. The number of carbonyl (C=O) groups is 1. The predicted molar refractivity (Wildman–Crippen MR) is 61.7 cm³/mol. The maximum Gasteiger partial charge on any atom is 0.165 e. The van der Waals surface area contributed by atoms with E-state index in [4.69, 9.17) is 9.47 Å². The van der Waals surface area contributed by atoms with Gasteiger partial charge in [-0.15, -0.1) is 5.92 Å². The standard InChI is InChI=1S/C13H18O3/c1-5-7-11-12(9-8-10(14)6-2)16-13(3,4)15-11/h6,11-12H,2,8-9H2,1,3-4H3/t11-,12+/m1/s1. The first-order chi connectivity index (χ1) is 7.48. The van der Waals surface area contributed by atoms with Gasteiger partial charge in [-0.1, -0.05) is 12.5 Å². The summed E-state index contributed by atoms with van der Waals surface area (Å²) in [6.45, 7) is 8.91. The molecule has 0 aromatic carbocycles. The van der Waals surface area contributed by atoms with Gasteiger partial charge in [0, 0.05) is 6.42 Å². The quantitative estimate of drug-likeness (QED) is 0.539. The number of carbonyl (C=O) groups excluding carboxylic acids is 1. The Hall–Kier alpha value is -1.11. The fraction of sp³-hybridized carbons (Fsp3) is 0.615. The highest BCUT2D eigenvalue weighted by Crippen LogP contribution is 2.30. The van der Waals surface area contributed by atoms with Gasteiger partial charge in [-0.05, 0) is 33.3 Å². The van der Waals surface area contributed by atoms with Gasteiger partial charge in [0.05, 0.1) is 6.10 Å². The molecule has 1 aliphatic rings. The molecular weight excluding hydrogens is 204 g/mol. The highest BCUT2D eigenvalue weighted by atomic mass is 16.7. The van der Waals surface area contributed by atoms with Crippen molar-refractivity contribution in [2.75, 3.05) is 0 Å². The molecule has 88 valence electrons. The largest absolute Gasteiger partial charge is 0.343 e. The molecular formula is C13H18O3. The van der Waals surface area contributed by atoms with Crippen molar-refractivity contribution >= 4 is 5.78 Å². The third kappa shape index (κ3) is 3.48. The minimum Gasteiger partial charge on any atom is -0.343 e. The van der Waals surface area contributed by atoms with Gasteiger partial charge in [0.25, 0.3) is 0 Å². The molecule has 0 aromatic heterocycles. The molecule has 0 unspecified atom stereocenters. The van der Waals surface area contributed by atoms with Gasteiger partial charge in [-0.25, -0.2) is 0 Å². The van der Waals surface area contributed by atoms with Crippen LogP contribution >= 0.6 is 0 Å². The molecule has 0 spiro atoms. The molecule has 1 aliphatic heterocycles. The molecule has 1 heterocycles. The SMILES string of the molecule is C=CC(=O)CC[C@@H]1OC(C)(C)O[C@@H]1C#CC. The summed E-state index contributed by atoms with van der Waals surface area (Å²) < 4.78 is 11.3. The topological polar surface area (TPSA) is 35.5 Å². The van der Waals surface area contributed by atoms with E-state index in [0.717, 1.165) is 0 Å². The first kappa shape index (κ1) is 13.0. The first-order valence-corrected chi connectivity index (χ1v) is 5.41. The molecule has 0 amide bonds. The van der Waals surface area contributed by atoms with E-state index in [2.05, 4.69) is 18.4 Å². The number of hydrogen-bond donors (Lipinski definition) is 0. The van der Waals surface area contributed by atoms with E-state index in [1.165, 1.54) is 6.08 Å². The minimum absolute atomic E-state index is 0.0245. The van der Waals surface area contributed by atoms with Crippen molar-refractivity contribution in [1.29, 1.82) is 0 Å². The Balaban J connectivity index is 2.58. The van der Waals surface area contributed by atoms with Crippen LogP contribution in [0.4, 0.5) is 0 Å². The zero-order chi connectivity index (χ0) is 12.2. The van der Waals surface area contributed by atoms with Gasteiger partial charge < -0.3 is 9.47 Å². The van der Waals surface area contributed by atoms with Crippen LogP contribution in [0.2, 0.25) is 0 Å². The summed E-state index contributed by atoms with van der Waals surface area (Å²) in [6, 6.07) is 0. The molecule has 0 aromatic rings. The Morgan fingerprint density at radius 3 is 2.75 bits per heavy atom. The first-order valence-electron chi connectivity index (χ1n) is 5.41. The van der Waals surface area contributed by atoms with Gasteiger partial charge in [-0.3, -0.25) is 4.79 Å². The second-order valence-electron chi connectivity index (χ2n) is 4.20. The summed E-state index contributed by atoms with van der Waals surface area (Å²) in [5, 5.41) is 0. The highest BCUT2D eigenvalue weighted by molar-refractivity contribution is 5.88. The average Bonchev–Trinajstić information content (AvgIpc) is 2.50. The van der Waals surface area contributed by atoms with Crippen molar-refractivity contribution in [3.05, 3.63) is 12.7 Å². The summed E-state index contributed by atoms with van der Waals surface area (Å²) in [5.41, 5.74) is 0. The fourth-order valence-corrected chi connectivity index (χ4v) is 1.70. The molecule has 0 N–H and O–H groups in total. The maximum absolute atomic E-state index is 11.1. The van der Waals surface area contributed by atoms with Crippen LogP contribution in [0.5, 0.6) is 0 Å². The van der Waals surface area contributed by atoms with E-state index in [0.29, 0.717) is 12.8 Å². The Kier molecular flexibility index (Phi) is 4.28. The molecule has 3 nitrogen and oxygen atoms in total. The molecule has 16 heavy (non-hydrogen) atoms. The van der Waals surface area contributed by atoms with E-state index in [9.17, 15) is 4.79 Å². The molecule has 0 bridgehead atoms. The number of allylic oxidation sites excluding steroid dienone is 1. The van der Waals surface area contributed by atoms with E-state index >= 15 is 0 Å². The molecule has 1 saturated heterocycles. The zero-order valence-corrected chi connectivity index (χ0v) is 10.1. The number of hydrogen-bond acceptors (Lipinski definition) is 3. The van der Waals surface area contributed by atoms with Crippen LogP contribution in [-0.4, -0.2) is 23.8 Å². The highest BCUT2D eigenvalue weighted by Gasteiger charge is 2.40. The van der Waals surface area contributed by atoms with E-state index in [1.807, 2.05) is 13.8 Å². The van der Waals surface area contributed by atoms with Crippen molar-refractivity contribution in [2.45, 2.75) is 51.6 Å². The van der Waals surface area contributed by atoms with Crippen LogP contribution in [-0.2, 0) is 14.3 Å². The minimum atomic E-state index is -0.615. The Morgan fingerprint density at radius 1 is 1.50 bits per heavy atom. The second-order valence-corrected chi connectivity index (χ2v) is 4.20. The van der Waals surface area contributed by atoms with Crippen LogP contribution < -0.4 is 0 Å². The average molecular weight is 222 g/mol. The van der Waals surface area contributed by atoms with Crippen LogP contribution in [0, 0.1) is 11.8 Å². The van der Waals surface area contributed by atoms with Gasteiger partial charge in [0.2, 0.25) is 0 Å². The lowest BCUT2D eigenvalue weighted by molar-refractivity contribution is -0.143. The molecule has 1 rings (SSSR count). The normalized spacial score (nSPS) is 26.9. The lowest BCUT2D eigenvalue weighted by atomic mass is 10.1. The van der Waals surface area contributed by atoms with Crippen LogP contribution in [0.25, 0.3) is 0 Å². The van der Waals surface area contributed by atoms with Crippen molar-refractivity contribution in [1.82, 2.24) is 0 Å². The molecule has 0 radical (unpaired) electrons. The summed E-state index contributed by atoms with van der Waals surface area (Å²) in [5.74, 6) is 5.19. The van der Waals surface area contributed by atoms with Gasteiger partial charge in [0.1, 0.15) is 6.10 Å². The van der Waals surface area contributed by atoms with Crippen molar-refractivity contribution in [3.8, 4) is 11.8 Å². The Morgan fingerprint density at radius 2 is 2.19 bits per heavy atom. The summed E-state index contributed by atoms with van der Waals surface area (Å²) in [4.78, 5) is 11.1. The van der Waals surface area contributed by atoms with Crippen LogP contribution in [0.3, 0.4) is 0 Å². The third-order valence-electron chi connectivity index (χ3n) is 2.37. The van der Waals surface area contributed by atoms with Gasteiger partial charge in [-0.2, -0.15) is 0 Å². The zero-order valence-electron chi connectivity index (χ0n) is 10.1. The van der Waals surface area contributed by atoms with Crippen LogP contribution in [0.1, 0.15) is 33.6 Å². The molecule has 0 saturated carbocycles. The lowest BCUT2D eigenvalue weighted by Crippen LogP contribution is -2.22. The number of rotatable bonds is 4. The molecule has 3 heteroatoms. The van der Waals surface area contributed by atoms with E-state index in [-0.39, 0.29) is 18.0 Å². The molecule has 0 aliphatic carbocycles. The number of ketones is 1. The third-order valence-corrected chi connectivity index (χ3v) is 2.37. The Labute approximate surface area is 96.8 Å². The van der Waals surface area contributed by atoms with E-state index in [1.54, 1.807) is 6.92 Å². The Bertz CT molecular complexity index is 333. The summed E-state index contributed by atoms with van der Waals surface area (Å²) >= 11 is 0. The lowest BCUT2D eigenvalue weighted by Gasteiger charge is -2.16. The predicted octanol–water partition coefficient (Wildman–Crippen LogP) is 2.07. The van der Waals surface area contributed by atoms with Gasteiger partial charge >= 0.3 is 0 Å². The molecule has 1 fully saturated rings. The number of ether oxygens (including phenoxy) is 2. The smallest absolute Gasteiger partial charge is 0.165 e. The van der Waals surface area contributed by atoms with Gasteiger partial charge in [0.15, 0.2) is 11.6 Å². The van der Waals surface area contributed by atoms with Crippen LogP contribution in [0.15, 0.2) is 12.7 Å². The fourth-order valence-electron chi connectivity index (χ4n) is 1.70. The van der Waals surface area contributed by atoms with Crippen molar-refractivity contribution in [2.24, 2.45) is 0 Å².